The summed E-state index contributed by atoms with van der Waals surface area (Å²) in [6.45, 7) is 20.5. The van der Waals surface area contributed by atoms with Crippen molar-refractivity contribution in [3.63, 3.8) is 0 Å². The standard InChI is InChI=1S/C16H29O2Si.3C4H9.Sn/c1-8-10-11-12-13-14(17)15(9-2)18-19(6,7)16(3,4)5;3*1-3-4-2;/h2,9,14-15,17H,8,10-11H2,1,3-7H3;3*1,3-4H2,2H3;/t14-,15+;;;;/m1..../s1. The van der Waals surface area contributed by atoms with Gasteiger partial charge in [0.2, 0.25) is 0 Å². The normalized spacial score (nSPS) is 14.9. The predicted molar refractivity (Wildman–Crippen MR) is 149 cm³/mol. The Hall–Kier alpha value is 0.236. The maximum absolute atomic E-state index is 11.1. The number of hydrogen-bond donors (Lipinski definition) is 1. The molecule has 2 atom stereocenters. The molecular weight excluding hydrogens is 515 g/mol. The quantitative estimate of drug-likeness (QED) is 0.114. The van der Waals surface area contributed by atoms with Crippen molar-refractivity contribution in [3.8, 4) is 11.8 Å². The van der Waals surface area contributed by atoms with Crippen LogP contribution in [0.5, 0.6) is 0 Å². The predicted octanol–water partition coefficient (Wildman–Crippen LogP) is 8.88. The first kappa shape index (κ1) is 32.2. The first-order chi connectivity index (χ1) is 15.0. The van der Waals surface area contributed by atoms with Crippen molar-refractivity contribution in [2.45, 2.75) is 150 Å². The van der Waals surface area contributed by atoms with Gasteiger partial charge in [-0.25, -0.2) is 0 Å². The molecule has 2 nitrogen and oxygen atoms in total. The average molecular weight is 572 g/mol. The van der Waals surface area contributed by atoms with E-state index in [9.17, 15) is 5.11 Å². The van der Waals surface area contributed by atoms with Crippen LogP contribution in [0.2, 0.25) is 31.4 Å². The Bertz CT molecular complexity index is 546. The van der Waals surface area contributed by atoms with Crippen LogP contribution in [-0.2, 0) is 4.43 Å². The molecule has 0 radical (unpaired) electrons. The fraction of sp³-hybridized carbons (Fsp3) is 0.857. The minimum absolute atomic E-state index is 0.113. The number of rotatable bonds is 16. The van der Waals surface area contributed by atoms with E-state index in [1.807, 2.05) is 0 Å². The number of aliphatic hydroxyl groups is 1. The molecule has 0 amide bonds. The van der Waals surface area contributed by atoms with E-state index in [1.165, 1.54) is 51.8 Å². The SMILES string of the molecule is CCCCC#C[C@@H](O)[C@H](/C=[CH]/[Sn]([CH2]CCC)([CH2]CCC)[CH2]CCC)O[Si](C)(C)C(C)(C)C. The zero-order valence-corrected chi connectivity index (χ0v) is 27.0. The van der Waals surface area contributed by atoms with E-state index in [0.29, 0.717) is 0 Å². The van der Waals surface area contributed by atoms with E-state index >= 15 is 0 Å². The average Bonchev–Trinajstić information content (AvgIpc) is 2.73. The van der Waals surface area contributed by atoms with Gasteiger partial charge in [0.05, 0.1) is 0 Å². The summed E-state index contributed by atoms with van der Waals surface area (Å²) in [5.41, 5.74) is 0. The van der Waals surface area contributed by atoms with Gasteiger partial charge in [0.15, 0.2) is 0 Å². The molecule has 0 aromatic carbocycles. The fourth-order valence-corrected chi connectivity index (χ4v) is 19.3. The summed E-state index contributed by atoms with van der Waals surface area (Å²) in [6.07, 6.45) is 12.2. The number of aliphatic hydroxyl groups excluding tert-OH is 1. The summed E-state index contributed by atoms with van der Waals surface area (Å²) in [4.78, 5) is 0. The van der Waals surface area contributed by atoms with Gasteiger partial charge in [-0.1, -0.05) is 0 Å². The zero-order valence-electron chi connectivity index (χ0n) is 23.2. The Balaban J connectivity index is 5.97. The van der Waals surface area contributed by atoms with Gasteiger partial charge in [-0.15, -0.1) is 0 Å². The Kier molecular flexibility index (Phi) is 16.9. The van der Waals surface area contributed by atoms with Crippen LogP contribution >= 0.6 is 0 Å². The van der Waals surface area contributed by atoms with Crippen LogP contribution in [0.15, 0.2) is 10.2 Å². The van der Waals surface area contributed by atoms with Gasteiger partial charge in [0.25, 0.3) is 0 Å². The molecule has 0 aromatic rings. The molecule has 0 bridgehead atoms. The van der Waals surface area contributed by atoms with Crippen molar-refractivity contribution in [3.05, 3.63) is 10.2 Å². The van der Waals surface area contributed by atoms with Crippen molar-refractivity contribution < 1.29 is 9.53 Å². The van der Waals surface area contributed by atoms with Crippen LogP contribution in [0.25, 0.3) is 0 Å². The molecule has 0 aromatic heterocycles. The third-order valence-corrected chi connectivity index (χ3v) is 25.8. The Morgan fingerprint density at radius 1 is 0.875 bits per heavy atom. The van der Waals surface area contributed by atoms with E-state index < -0.39 is 32.8 Å². The molecule has 0 saturated carbocycles. The molecule has 0 fully saturated rings. The zero-order chi connectivity index (χ0) is 24.7. The van der Waals surface area contributed by atoms with Crippen LogP contribution in [0.4, 0.5) is 0 Å². The van der Waals surface area contributed by atoms with Crippen molar-refractivity contribution in [1.29, 1.82) is 0 Å². The van der Waals surface area contributed by atoms with Crippen LogP contribution in [0.1, 0.15) is 106 Å². The summed E-state index contributed by atoms with van der Waals surface area (Å²) in [5.74, 6) is 6.34. The molecule has 32 heavy (non-hydrogen) atoms. The van der Waals surface area contributed by atoms with Gasteiger partial charge in [-0.2, -0.15) is 0 Å². The summed E-state index contributed by atoms with van der Waals surface area (Å²) in [5, 5.41) is 11.2. The van der Waals surface area contributed by atoms with Gasteiger partial charge in [-0.05, 0) is 0 Å². The van der Waals surface area contributed by atoms with E-state index in [1.54, 1.807) is 0 Å². The van der Waals surface area contributed by atoms with E-state index in [4.69, 9.17) is 4.43 Å². The molecule has 4 heteroatoms. The number of unbranched alkanes of at least 4 members (excludes halogenated alkanes) is 5. The first-order valence-electron chi connectivity index (χ1n) is 13.5. The molecule has 0 saturated heterocycles. The van der Waals surface area contributed by atoms with Crippen LogP contribution in [0, 0.1) is 11.8 Å². The maximum atomic E-state index is 11.1. The molecule has 0 unspecified atom stereocenters. The summed E-state index contributed by atoms with van der Waals surface area (Å²) in [6, 6.07) is 0. The van der Waals surface area contributed by atoms with Crippen molar-refractivity contribution >= 4 is 26.7 Å². The molecule has 1 N–H and O–H groups in total. The Morgan fingerprint density at radius 2 is 1.34 bits per heavy atom. The van der Waals surface area contributed by atoms with E-state index in [0.717, 1.165) is 19.3 Å². The number of hydrogen-bond acceptors (Lipinski definition) is 2. The van der Waals surface area contributed by atoms with Gasteiger partial charge >= 0.3 is 208 Å². The second kappa shape index (κ2) is 16.8. The monoisotopic (exact) mass is 572 g/mol. The van der Waals surface area contributed by atoms with Crippen LogP contribution in [0.3, 0.4) is 0 Å². The summed E-state index contributed by atoms with van der Waals surface area (Å²) < 4.78 is 13.7. The molecule has 0 aliphatic rings. The van der Waals surface area contributed by atoms with Crippen LogP contribution < -0.4 is 0 Å². The molecule has 0 aliphatic carbocycles. The topological polar surface area (TPSA) is 29.5 Å². The Morgan fingerprint density at radius 3 is 1.75 bits per heavy atom. The van der Waals surface area contributed by atoms with Gasteiger partial charge in [0.1, 0.15) is 0 Å². The Labute approximate surface area is 207 Å². The van der Waals surface area contributed by atoms with E-state index in [-0.39, 0.29) is 11.1 Å². The van der Waals surface area contributed by atoms with Crippen molar-refractivity contribution in [2.24, 2.45) is 0 Å². The first-order valence-corrected chi connectivity index (χ1v) is 24.1. The van der Waals surface area contributed by atoms with Gasteiger partial charge in [0, 0.05) is 0 Å². The molecule has 188 valence electrons. The van der Waals surface area contributed by atoms with Crippen molar-refractivity contribution in [1.82, 2.24) is 0 Å². The fourth-order valence-electron chi connectivity index (χ4n) is 3.76. The molecule has 0 aliphatic heterocycles. The molecular formula is C28H56O2SiSn. The molecule has 0 rings (SSSR count). The summed E-state index contributed by atoms with van der Waals surface area (Å²) in [7, 11) is -2.01. The third-order valence-electron chi connectivity index (χ3n) is 7.18. The summed E-state index contributed by atoms with van der Waals surface area (Å²) >= 11 is -2.43. The second-order valence-corrected chi connectivity index (χ2v) is 29.0. The van der Waals surface area contributed by atoms with Crippen LogP contribution in [-0.4, -0.2) is 44.0 Å². The van der Waals surface area contributed by atoms with Gasteiger partial charge in [-0.3, -0.25) is 0 Å². The minimum atomic E-state index is -2.43. The molecule has 0 heterocycles. The van der Waals surface area contributed by atoms with E-state index in [2.05, 4.69) is 83.6 Å². The third kappa shape index (κ3) is 12.6. The second-order valence-electron chi connectivity index (χ2n) is 11.2. The van der Waals surface area contributed by atoms with Crippen molar-refractivity contribution in [2.75, 3.05) is 0 Å². The van der Waals surface area contributed by atoms with Gasteiger partial charge < -0.3 is 0 Å². The molecule has 0 spiro atoms.